The van der Waals surface area contributed by atoms with Crippen LogP contribution in [0.3, 0.4) is 0 Å². The molecular formula is C19H25NO. The molecule has 0 heterocycles. The third kappa shape index (κ3) is 3.85. The summed E-state index contributed by atoms with van der Waals surface area (Å²) in [5, 5.41) is 0. The van der Waals surface area contributed by atoms with E-state index in [2.05, 4.69) is 51.1 Å². The summed E-state index contributed by atoms with van der Waals surface area (Å²) >= 11 is 0. The lowest BCUT2D eigenvalue weighted by Crippen LogP contribution is -2.16. The maximum absolute atomic E-state index is 6.47. The summed E-state index contributed by atoms with van der Waals surface area (Å²) in [6.07, 6.45) is 0.830. The van der Waals surface area contributed by atoms with Crippen molar-refractivity contribution in [2.75, 3.05) is 6.61 Å². The Hall–Kier alpha value is -1.80. The Bertz CT molecular complexity index is 619. The highest BCUT2D eigenvalue weighted by Crippen LogP contribution is 2.28. The first-order valence-electron chi connectivity index (χ1n) is 7.56. The minimum Gasteiger partial charge on any atom is -0.494 e. The van der Waals surface area contributed by atoms with E-state index >= 15 is 0 Å². The van der Waals surface area contributed by atoms with Crippen LogP contribution in [0.1, 0.15) is 40.8 Å². The van der Waals surface area contributed by atoms with Crippen molar-refractivity contribution in [2.24, 2.45) is 5.73 Å². The highest BCUT2D eigenvalue weighted by Gasteiger charge is 2.14. The molecule has 2 aromatic rings. The fraction of sp³-hybridized carbons (Fsp3) is 0.368. The lowest BCUT2D eigenvalue weighted by Gasteiger charge is -2.18. The van der Waals surface area contributed by atoms with Gasteiger partial charge in [0.1, 0.15) is 5.75 Å². The van der Waals surface area contributed by atoms with Crippen LogP contribution in [-0.2, 0) is 6.42 Å². The predicted octanol–water partition coefficient (Wildman–Crippen LogP) is 4.25. The Morgan fingerprint density at radius 2 is 1.67 bits per heavy atom. The minimum atomic E-state index is -0.0491. The molecule has 0 aliphatic carbocycles. The molecule has 21 heavy (non-hydrogen) atoms. The van der Waals surface area contributed by atoms with E-state index in [0.29, 0.717) is 6.61 Å². The van der Waals surface area contributed by atoms with Crippen molar-refractivity contribution in [1.29, 1.82) is 0 Å². The van der Waals surface area contributed by atoms with Crippen molar-refractivity contribution in [3.05, 3.63) is 64.2 Å². The van der Waals surface area contributed by atoms with E-state index in [1.165, 1.54) is 22.3 Å². The first-order valence-corrected chi connectivity index (χ1v) is 7.56. The molecular weight excluding hydrogens is 258 g/mol. The van der Waals surface area contributed by atoms with Crippen LogP contribution in [0.5, 0.6) is 5.75 Å². The topological polar surface area (TPSA) is 35.2 Å². The van der Waals surface area contributed by atoms with Crippen molar-refractivity contribution >= 4 is 0 Å². The van der Waals surface area contributed by atoms with Crippen molar-refractivity contribution in [3.8, 4) is 5.75 Å². The smallest absolute Gasteiger partial charge is 0.124 e. The molecule has 0 aliphatic rings. The van der Waals surface area contributed by atoms with Crippen LogP contribution in [0.25, 0.3) is 0 Å². The lowest BCUT2D eigenvalue weighted by atomic mass is 9.94. The zero-order valence-corrected chi connectivity index (χ0v) is 13.4. The maximum Gasteiger partial charge on any atom is 0.124 e. The Kier molecular flexibility index (Phi) is 5.03. The molecule has 0 radical (unpaired) electrons. The molecule has 0 aromatic heterocycles. The van der Waals surface area contributed by atoms with E-state index in [1.807, 2.05) is 13.0 Å². The molecule has 0 amide bonds. The van der Waals surface area contributed by atoms with Gasteiger partial charge >= 0.3 is 0 Å². The molecule has 2 aromatic carbocycles. The van der Waals surface area contributed by atoms with Gasteiger partial charge in [0.05, 0.1) is 6.61 Å². The third-order valence-corrected chi connectivity index (χ3v) is 3.81. The van der Waals surface area contributed by atoms with Crippen LogP contribution in [0, 0.1) is 20.8 Å². The third-order valence-electron chi connectivity index (χ3n) is 3.81. The van der Waals surface area contributed by atoms with Crippen LogP contribution in [-0.4, -0.2) is 6.61 Å². The average molecular weight is 283 g/mol. The summed E-state index contributed by atoms with van der Waals surface area (Å²) in [5.41, 5.74) is 12.7. The first kappa shape index (κ1) is 15.6. The largest absolute Gasteiger partial charge is 0.494 e. The van der Waals surface area contributed by atoms with Crippen LogP contribution >= 0.6 is 0 Å². The van der Waals surface area contributed by atoms with Gasteiger partial charge in [-0.1, -0.05) is 41.5 Å². The van der Waals surface area contributed by atoms with Gasteiger partial charge in [-0.15, -0.1) is 0 Å². The normalized spacial score (nSPS) is 12.2. The molecule has 1 atom stereocenters. The average Bonchev–Trinajstić information content (AvgIpc) is 2.45. The first-order chi connectivity index (χ1) is 10.0. The fourth-order valence-electron chi connectivity index (χ4n) is 2.61. The van der Waals surface area contributed by atoms with Gasteiger partial charge in [0.15, 0.2) is 0 Å². The van der Waals surface area contributed by atoms with Gasteiger partial charge in [0, 0.05) is 11.6 Å². The molecule has 2 nitrogen and oxygen atoms in total. The second kappa shape index (κ2) is 6.77. The van der Waals surface area contributed by atoms with Gasteiger partial charge in [0.2, 0.25) is 0 Å². The number of hydrogen-bond acceptors (Lipinski definition) is 2. The molecule has 1 unspecified atom stereocenters. The monoisotopic (exact) mass is 283 g/mol. The van der Waals surface area contributed by atoms with Gasteiger partial charge in [0.25, 0.3) is 0 Å². The van der Waals surface area contributed by atoms with Crippen LogP contribution in [0.4, 0.5) is 0 Å². The van der Waals surface area contributed by atoms with Gasteiger partial charge in [-0.2, -0.15) is 0 Å². The molecule has 2 N–H and O–H groups in total. The number of benzene rings is 2. The highest BCUT2D eigenvalue weighted by molar-refractivity contribution is 5.41. The minimum absolute atomic E-state index is 0.0491. The Labute approximate surface area is 127 Å². The molecule has 2 heteroatoms. The fourth-order valence-corrected chi connectivity index (χ4v) is 2.61. The summed E-state index contributed by atoms with van der Waals surface area (Å²) in [5.74, 6) is 0.904. The Morgan fingerprint density at radius 3 is 2.38 bits per heavy atom. The molecule has 0 saturated carbocycles. The summed E-state index contributed by atoms with van der Waals surface area (Å²) in [7, 11) is 0. The second-order valence-electron chi connectivity index (χ2n) is 5.71. The number of nitrogens with two attached hydrogens (primary N) is 1. The molecule has 112 valence electrons. The number of hydrogen-bond donors (Lipinski definition) is 1. The zero-order valence-electron chi connectivity index (χ0n) is 13.4. The standard InChI is InChI=1S/C19H25NO/c1-5-21-19-9-7-14(3)11-17(19)18(20)12-16-10-13(2)6-8-15(16)4/h6-11,18H,5,12,20H2,1-4H3. The summed E-state index contributed by atoms with van der Waals surface area (Å²) < 4.78 is 5.72. The van der Waals surface area contributed by atoms with E-state index in [0.717, 1.165) is 17.7 Å². The molecule has 0 fully saturated rings. The van der Waals surface area contributed by atoms with Crippen LogP contribution in [0.2, 0.25) is 0 Å². The van der Waals surface area contributed by atoms with Crippen LogP contribution in [0.15, 0.2) is 36.4 Å². The maximum atomic E-state index is 6.47. The summed E-state index contributed by atoms with van der Waals surface area (Å²) in [4.78, 5) is 0. The zero-order chi connectivity index (χ0) is 15.4. The number of ether oxygens (including phenoxy) is 1. The Balaban J connectivity index is 2.29. The van der Waals surface area contributed by atoms with E-state index in [9.17, 15) is 0 Å². The van der Waals surface area contributed by atoms with Crippen molar-refractivity contribution < 1.29 is 4.74 Å². The number of rotatable bonds is 5. The second-order valence-corrected chi connectivity index (χ2v) is 5.71. The van der Waals surface area contributed by atoms with E-state index < -0.39 is 0 Å². The molecule has 0 saturated heterocycles. The van der Waals surface area contributed by atoms with Gasteiger partial charge < -0.3 is 10.5 Å². The van der Waals surface area contributed by atoms with Gasteiger partial charge in [-0.3, -0.25) is 0 Å². The molecule has 0 bridgehead atoms. The SMILES string of the molecule is CCOc1ccc(C)cc1C(N)Cc1cc(C)ccc1C. The quantitative estimate of drug-likeness (QED) is 0.890. The highest BCUT2D eigenvalue weighted by atomic mass is 16.5. The summed E-state index contributed by atoms with van der Waals surface area (Å²) in [6.45, 7) is 9.00. The van der Waals surface area contributed by atoms with Crippen molar-refractivity contribution in [2.45, 2.75) is 40.2 Å². The van der Waals surface area contributed by atoms with Gasteiger partial charge in [-0.25, -0.2) is 0 Å². The van der Waals surface area contributed by atoms with E-state index in [4.69, 9.17) is 10.5 Å². The van der Waals surface area contributed by atoms with Crippen molar-refractivity contribution in [3.63, 3.8) is 0 Å². The number of aryl methyl sites for hydroxylation is 3. The van der Waals surface area contributed by atoms with Gasteiger partial charge in [-0.05, 0) is 51.3 Å². The van der Waals surface area contributed by atoms with E-state index in [1.54, 1.807) is 0 Å². The predicted molar refractivity (Wildman–Crippen MR) is 88.9 cm³/mol. The molecule has 2 rings (SSSR count). The molecule has 0 spiro atoms. The van der Waals surface area contributed by atoms with E-state index in [-0.39, 0.29) is 6.04 Å². The lowest BCUT2D eigenvalue weighted by molar-refractivity contribution is 0.334. The van der Waals surface area contributed by atoms with Crippen molar-refractivity contribution in [1.82, 2.24) is 0 Å². The molecule has 0 aliphatic heterocycles. The Morgan fingerprint density at radius 1 is 1.00 bits per heavy atom. The van der Waals surface area contributed by atoms with Crippen LogP contribution < -0.4 is 10.5 Å². The summed E-state index contributed by atoms with van der Waals surface area (Å²) in [6, 6.07) is 12.7.